The van der Waals surface area contributed by atoms with Gasteiger partial charge in [-0.15, -0.1) is 6.58 Å². The lowest BCUT2D eigenvalue weighted by Crippen LogP contribution is -2.58. The number of aryl methyl sites for hydroxylation is 2. The van der Waals surface area contributed by atoms with E-state index >= 15 is 0 Å². The van der Waals surface area contributed by atoms with E-state index in [1.807, 2.05) is 32.0 Å². The first-order valence-corrected chi connectivity index (χ1v) is 12.0. The molecule has 3 aliphatic heterocycles. The van der Waals surface area contributed by atoms with Crippen LogP contribution in [0.1, 0.15) is 24.5 Å². The number of ether oxygens (including phenoxy) is 1. The molecule has 33 heavy (non-hydrogen) atoms. The molecule has 3 fully saturated rings. The first-order chi connectivity index (χ1) is 15.6. The number of benzene rings is 1. The lowest BCUT2D eigenvalue weighted by molar-refractivity contribution is -0.150. The van der Waals surface area contributed by atoms with Gasteiger partial charge in [-0.3, -0.25) is 14.4 Å². The summed E-state index contributed by atoms with van der Waals surface area (Å²) in [4.78, 5) is 42.6. The summed E-state index contributed by atoms with van der Waals surface area (Å²) in [5.41, 5.74) is 1.27. The number of nitrogens with zero attached hydrogens (tertiary/aromatic N) is 2. The Kier molecular flexibility index (Phi) is 6.18. The molecule has 9 heteroatoms. The number of fused-ring (bicyclic) bond motifs is 1. The zero-order chi connectivity index (χ0) is 24.2. The van der Waals surface area contributed by atoms with E-state index in [-0.39, 0.29) is 23.9 Å². The van der Waals surface area contributed by atoms with Gasteiger partial charge in [-0.25, -0.2) is 0 Å². The van der Waals surface area contributed by atoms with Crippen LogP contribution < -0.4 is 4.90 Å². The number of hydrogen-bond acceptors (Lipinski definition) is 5. The Balaban J connectivity index is 1.86. The average molecular weight is 521 g/mol. The van der Waals surface area contributed by atoms with Crippen molar-refractivity contribution in [1.29, 1.82) is 0 Å². The van der Waals surface area contributed by atoms with Gasteiger partial charge in [0.25, 0.3) is 5.91 Å². The molecule has 0 saturated carbocycles. The van der Waals surface area contributed by atoms with E-state index in [2.05, 4.69) is 22.5 Å². The van der Waals surface area contributed by atoms with Crippen molar-refractivity contribution in [3.8, 4) is 0 Å². The number of anilines is 1. The van der Waals surface area contributed by atoms with E-state index < -0.39 is 47.5 Å². The monoisotopic (exact) mass is 520 g/mol. The predicted molar refractivity (Wildman–Crippen MR) is 125 cm³/mol. The molecule has 3 heterocycles. The SMILES string of the molecule is C=CCN(C(=O)[C@H]1N([C@H](C)CO)C(=O)[C@@H]2[C@@H](C(=O)O)[C@@H]3O[C@@]21CC3Br)c1cc(C)ccc1C. The zero-order valence-corrected chi connectivity index (χ0v) is 20.5. The van der Waals surface area contributed by atoms with E-state index in [0.29, 0.717) is 12.1 Å². The quantitative estimate of drug-likeness (QED) is 0.420. The fourth-order valence-electron chi connectivity index (χ4n) is 5.79. The number of amides is 2. The first kappa shape index (κ1) is 23.9. The van der Waals surface area contributed by atoms with Crippen LogP contribution in [0.3, 0.4) is 0 Å². The number of aliphatic hydroxyl groups is 1. The molecule has 2 N–H and O–H groups in total. The van der Waals surface area contributed by atoms with Crippen LogP contribution in [-0.2, 0) is 19.1 Å². The highest BCUT2D eigenvalue weighted by Gasteiger charge is 2.77. The molecular weight excluding hydrogens is 492 g/mol. The van der Waals surface area contributed by atoms with E-state index in [4.69, 9.17) is 4.74 Å². The van der Waals surface area contributed by atoms with Crippen molar-refractivity contribution < 1.29 is 29.3 Å². The van der Waals surface area contributed by atoms with Crippen LogP contribution in [0.2, 0.25) is 0 Å². The fraction of sp³-hybridized carbons (Fsp3) is 0.542. The molecule has 0 aromatic heterocycles. The van der Waals surface area contributed by atoms with Crippen LogP contribution in [-0.4, -0.2) is 74.7 Å². The van der Waals surface area contributed by atoms with Gasteiger partial charge in [0.2, 0.25) is 5.91 Å². The lowest BCUT2D eigenvalue weighted by Gasteiger charge is -2.39. The van der Waals surface area contributed by atoms with E-state index in [1.165, 1.54) is 4.90 Å². The third kappa shape index (κ3) is 3.43. The third-order valence-corrected chi connectivity index (χ3v) is 8.06. The van der Waals surface area contributed by atoms with Gasteiger partial charge in [-0.2, -0.15) is 0 Å². The molecule has 1 spiro atoms. The highest BCUT2D eigenvalue weighted by molar-refractivity contribution is 9.09. The summed E-state index contributed by atoms with van der Waals surface area (Å²) in [6.07, 6.45) is 1.25. The number of likely N-dealkylation sites (tertiary alicyclic amines) is 1. The van der Waals surface area contributed by atoms with Crippen LogP contribution in [0.25, 0.3) is 0 Å². The van der Waals surface area contributed by atoms with Gasteiger partial charge in [-0.1, -0.05) is 34.1 Å². The lowest BCUT2D eigenvalue weighted by atomic mass is 9.70. The number of rotatable bonds is 7. The van der Waals surface area contributed by atoms with Gasteiger partial charge in [0.15, 0.2) is 0 Å². The normalized spacial score (nSPS) is 33.2. The Morgan fingerprint density at radius 3 is 2.73 bits per heavy atom. The number of aliphatic hydroxyl groups excluding tert-OH is 1. The Morgan fingerprint density at radius 2 is 2.12 bits per heavy atom. The van der Waals surface area contributed by atoms with Crippen molar-refractivity contribution in [3.63, 3.8) is 0 Å². The van der Waals surface area contributed by atoms with Crippen molar-refractivity contribution >= 4 is 39.4 Å². The predicted octanol–water partition coefficient (Wildman–Crippen LogP) is 2.04. The summed E-state index contributed by atoms with van der Waals surface area (Å²) in [6.45, 7) is 9.14. The minimum Gasteiger partial charge on any atom is -0.481 e. The highest BCUT2D eigenvalue weighted by atomic mass is 79.9. The first-order valence-electron chi connectivity index (χ1n) is 11.1. The van der Waals surface area contributed by atoms with E-state index in [1.54, 1.807) is 17.9 Å². The number of halogens is 1. The molecule has 3 aliphatic rings. The number of alkyl halides is 1. The largest absolute Gasteiger partial charge is 0.481 e. The van der Waals surface area contributed by atoms with Gasteiger partial charge in [0.05, 0.1) is 30.6 Å². The van der Waals surface area contributed by atoms with Crippen LogP contribution in [0.5, 0.6) is 0 Å². The highest BCUT2D eigenvalue weighted by Crippen LogP contribution is 2.60. The van der Waals surface area contributed by atoms with Crippen LogP contribution >= 0.6 is 15.9 Å². The summed E-state index contributed by atoms with van der Waals surface area (Å²) in [5, 5.41) is 19.8. The molecule has 7 atom stereocenters. The molecule has 2 bridgehead atoms. The van der Waals surface area contributed by atoms with Crippen LogP contribution in [0.4, 0.5) is 5.69 Å². The van der Waals surface area contributed by atoms with Crippen molar-refractivity contribution in [3.05, 3.63) is 42.0 Å². The number of hydrogen-bond donors (Lipinski definition) is 2. The number of carboxylic acids is 1. The molecule has 8 nitrogen and oxygen atoms in total. The Morgan fingerprint density at radius 1 is 1.42 bits per heavy atom. The molecular formula is C24H29BrN2O6. The Labute approximate surface area is 201 Å². The van der Waals surface area contributed by atoms with Gasteiger partial charge in [-0.05, 0) is 44.4 Å². The molecule has 4 rings (SSSR count). The van der Waals surface area contributed by atoms with Gasteiger partial charge in [0.1, 0.15) is 11.6 Å². The minimum absolute atomic E-state index is 0.208. The molecule has 3 saturated heterocycles. The Hall–Kier alpha value is -2.23. The summed E-state index contributed by atoms with van der Waals surface area (Å²) in [6, 6.07) is 4.05. The van der Waals surface area contributed by atoms with Crippen molar-refractivity contribution in [2.45, 2.75) is 55.8 Å². The smallest absolute Gasteiger partial charge is 0.310 e. The molecule has 178 valence electrons. The molecule has 1 aromatic carbocycles. The van der Waals surface area contributed by atoms with Crippen molar-refractivity contribution in [2.75, 3.05) is 18.1 Å². The van der Waals surface area contributed by atoms with E-state index in [0.717, 1.165) is 11.1 Å². The van der Waals surface area contributed by atoms with Crippen LogP contribution in [0.15, 0.2) is 30.9 Å². The number of carboxylic acid groups (broad SMARTS) is 1. The van der Waals surface area contributed by atoms with Gasteiger partial charge >= 0.3 is 5.97 Å². The summed E-state index contributed by atoms with van der Waals surface area (Å²) in [5.74, 6) is -3.99. The second-order valence-electron chi connectivity index (χ2n) is 9.31. The fourth-order valence-corrected chi connectivity index (χ4v) is 6.73. The maximum Gasteiger partial charge on any atom is 0.310 e. The molecule has 1 unspecified atom stereocenters. The van der Waals surface area contributed by atoms with Crippen molar-refractivity contribution in [2.24, 2.45) is 11.8 Å². The molecule has 0 radical (unpaired) electrons. The maximum absolute atomic E-state index is 14.2. The standard InChI is InChI=1S/C24H29BrN2O6/c1-5-8-26(16-9-12(2)6-7-13(16)3)22(30)20-24-10-15(25)19(33-24)17(23(31)32)18(24)21(29)27(20)14(4)11-28/h5-7,9,14-15,17-20,28H,1,8,10-11H2,2-4H3,(H,31,32)/t14-,15?,17-,18+,19-,20-,24+/m1/s1. The zero-order valence-electron chi connectivity index (χ0n) is 18.9. The maximum atomic E-state index is 14.2. The Bertz CT molecular complexity index is 1010. The minimum atomic E-state index is -1.28. The second-order valence-corrected chi connectivity index (χ2v) is 10.5. The number of carbonyl (C=O) groups is 3. The number of carbonyl (C=O) groups excluding carboxylic acids is 2. The third-order valence-electron chi connectivity index (χ3n) is 7.22. The van der Waals surface area contributed by atoms with Crippen LogP contribution in [0, 0.1) is 25.7 Å². The molecule has 2 amide bonds. The van der Waals surface area contributed by atoms with Gasteiger partial charge in [0, 0.05) is 17.1 Å². The molecule has 0 aliphatic carbocycles. The average Bonchev–Trinajstić information content (AvgIpc) is 3.36. The topological polar surface area (TPSA) is 107 Å². The number of aliphatic carboxylic acids is 1. The van der Waals surface area contributed by atoms with E-state index in [9.17, 15) is 24.6 Å². The molecule has 1 aromatic rings. The van der Waals surface area contributed by atoms with Crippen molar-refractivity contribution in [1.82, 2.24) is 4.90 Å². The second kappa shape index (κ2) is 8.52. The summed E-state index contributed by atoms with van der Waals surface area (Å²) < 4.78 is 6.27. The van der Waals surface area contributed by atoms with Gasteiger partial charge < -0.3 is 24.7 Å². The summed E-state index contributed by atoms with van der Waals surface area (Å²) >= 11 is 3.53. The summed E-state index contributed by atoms with van der Waals surface area (Å²) in [7, 11) is 0.